The van der Waals surface area contributed by atoms with E-state index in [0.717, 1.165) is 11.8 Å². The van der Waals surface area contributed by atoms with Crippen LogP contribution in [0.1, 0.15) is 98.3 Å². The summed E-state index contributed by atoms with van der Waals surface area (Å²) in [6.45, 7) is 2.35. The molecule has 4 aliphatic rings. The van der Waals surface area contributed by atoms with Gasteiger partial charge in [-0.15, -0.1) is 0 Å². The third-order valence-electron chi connectivity index (χ3n) is 9.00. The van der Waals surface area contributed by atoms with E-state index in [1.54, 1.807) is 0 Å². The first-order chi connectivity index (χ1) is 17.8. The quantitative estimate of drug-likeness (QED) is 0.397. The van der Waals surface area contributed by atoms with Gasteiger partial charge >= 0.3 is 0 Å². The number of benzene rings is 2. The molecule has 0 bridgehead atoms. The Hall–Kier alpha value is -1.72. The lowest BCUT2D eigenvalue weighted by Gasteiger charge is -2.22. The van der Waals surface area contributed by atoms with Gasteiger partial charge in [0.25, 0.3) is 0 Å². The Labute approximate surface area is 216 Å². The minimum absolute atomic E-state index is 0.0311. The van der Waals surface area contributed by atoms with Crippen LogP contribution in [0.2, 0.25) is 0 Å². The Bertz CT molecular complexity index is 864. The summed E-state index contributed by atoms with van der Waals surface area (Å²) in [5.74, 6) is 1.49. The van der Waals surface area contributed by atoms with E-state index in [0.29, 0.717) is 26.4 Å². The van der Waals surface area contributed by atoms with Crippen molar-refractivity contribution < 1.29 is 18.9 Å². The molecule has 4 atom stereocenters. The first kappa shape index (κ1) is 24.6. The topological polar surface area (TPSA) is 36.9 Å². The summed E-state index contributed by atoms with van der Waals surface area (Å²) in [4.78, 5) is 0. The van der Waals surface area contributed by atoms with E-state index >= 15 is 0 Å². The van der Waals surface area contributed by atoms with Crippen LogP contribution in [0.15, 0.2) is 48.5 Å². The average Bonchev–Trinajstić information content (AvgIpc) is 3.55. The fraction of sp³-hybridized carbons (Fsp3) is 0.625. The molecule has 0 radical (unpaired) electrons. The number of ether oxygens (including phenoxy) is 4. The van der Waals surface area contributed by atoms with Gasteiger partial charge in [-0.2, -0.15) is 0 Å². The molecule has 2 aromatic rings. The van der Waals surface area contributed by atoms with Crippen LogP contribution >= 0.6 is 0 Å². The van der Waals surface area contributed by atoms with Crippen LogP contribution in [0.3, 0.4) is 0 Å². The summed E-state index contributed by atoms with van der Waals surface area (Å²) in [6, 6.07) is 18.2. The fourth-order valence-electron chi connectivity index (χ4n) is 6.77. The molecule has 2 aliphatic heterocycles. The largest absolute Gasteiger partial charge is 0.370 e. The summed E-state index contributed by atoms with van der Waals surface area (Å²) in [5.41, 5.74) is 5.43. The zero-order valence-corrected chi connectivity index (χ0v) is 21.6. The maximum absolute atomic E-state index is 6.26. The number of hydrogen-bond acceptors (Lipinski definition) is 4. The van der Waals surface area contributed by atoms with Gasteiger partial charge in [0.1, 0.15) is 24.4 Å². The maximum atomic E-state index is 6.26. The molecule has 4 unspecified atom stereocenters. The highest BCUT2D eigenvalue weighted by atomic mass is 16.6. The standard InChI is InChI=1S/C32H42O4/c1-3-7-25(8-4-1)27-15-11-23(12-16-27)19-33-29-21-35-32-30(22-36-31(29)32)34-20-24-13-17-28(18-14-24)26-9-5-2-6-10-26/h11-18,25-26,29-32H,1-10,19-22H2. The molecule has 2 aliphatic carbocycles. The zero-order valence-electron chi connectivity index (χ0n) is 21.6. The molecular formula is C32H42O4. The van der Waals surface area contributed by atoms with Gasteiger partial charge < -0.3 is 18.9 Å². The smallest absolute Gasteiger partial charge is 0.115 e. The van der Waals surface area contributed by atoms with Gasteiger partial charge in [0.15, 0.2) is 0 Å². The molecule has 2 saturated carbocycles. The normalized spacial score (nSPS) is 29.4. The SMILES string of the molecule is c1cc(C2CCCCC2)ccc1COC1COC2C(OCc3ccc(C4CCCCC4)cc3)COC12. The first-order valence-corrected chi connectivity index (χ1v) is 14.5. The van der Waals surface area contributed by atoms with Crippen molar-refractivity contribution in [1.82, 2.24) is 0 Å². The van der Waals surface area contributed by atoms with Crippen molar-refractivity contribution in [2.24, 2.45) is 0 Å². The molecule has 0 amide bonds. The lowest BCUT2D eigenvalue weighted by atomic mass is 9.84. The number of fused-ring (bicyclic) bond motifs is 1. The predicted octanol–water partition coefficient (Wildman–Crippen LogP) is 7.05. The van der Waals surface area contributed by atoms with E-state index < -0.39 is 0 Å². The molecule has 36 heavy (non-hydrogen) atoms. The Morgan fingerprint density at radius 3 is 1.31 bits per heavy atom. The van der Waals surface area contributed by atoms with Gasteiger partial charge in [-0.1, -0.05) is 87.1 Å². The second-order valence-corrected chi connectivity index (χ2v) is 11.4. The molecule has 0 spiro atoms. The molecule has 4 fully saturated rings. The maximum Gasteiger partial charge on any atom is 0.115 e. The molecule has 2 heterocycles. The van der Waals surface area contributed by atoms with Crippen molar-refractivity contribution in [2.75, 3.05) is 13.2 Å². The summed E-state index contributed by atoms with van der Waals surface area (Å²) >= 11 is 0. The van der Waals surface area contributed by atoms with Crippen molar-refractivity contribution in [2.45, 2.75) is 114 Å². The highest BCUT2D eigenvalue weighted by molar-refractivity contribution is 5.26. The molecule has 6 rings (SSSR count). The average molecular weight is 491 g/mol. The van der Waals surface area contributed by atoms with Crippen molar-refractivity contribution in [3.05, 3.63) is 70.8 Å². The fourth-order valence-corrected chi connectivity index (χ4v) is 6.77. The lowest BCUT2D eigenvalue weighted by molar-refractivity contribution is -0.0580. The van der Waals surface area contributed by atoms with Gasteiger partial charge in [0.2, 0.25) is 0 Å². The van der Waals surface area contributed by atoms with Crippen LogP contribution in [-0.4, -0.2) is 37.6 Å². The summed E-state index contributed by atoms with van der Waals surface area (Å²) < 4.78 is 24.7. The van der Waals surface area contributed by atoms with E-state index in [1.165, 1.54) is 86.5 Å². The number of rotatable bonds is 8. The Morgan fingerprint density at radius 1 is 0.528 bits per heavy atom. The van der Waals surface area contributed by atoms with Gasteiger partial charge in [-0.05, 0) is 59.8 Å². The molecule has 194 valence electrons. The molecule has 4 heteroatoms. The summed E-state index contributed by atoms with van der Waals surface area (Å²) in [6.07, 6.45) is 13.5. The van der Waals surface area contributed by atoms with Crippen LogP contribution in [0.25, 0.3) is 0 Å². The molecule has 0 N–H and O–H groups in total. The highest BCUT2D eigenvalue weighted by Gasteiger charge is 2.48. The van der Waals surface area contributed by atoms with Crippen LogP contribution in [0.4, 0.5) is 0 Å². The zero-order chi connectivity index (χ0) is 24.2. The Morgan fingerprint density at radius 2 is 0.917 bits per heavy atom. The van der Waals surface area contributed by atoms with E-state index in [9.17, 15) is 0 Å². The first-order valence-electron chi connectivity index (χ1n) is 14.5. The third kappa shape index (κ3) is 5.72. The van der Waals surface area contributed by atoms with Gasteiger partial charge in [0.05, 0.1) is 26.4 Å². The molecule has 0 aromatic heterocycles. The monoisotopic (exact) mass is 490 g/mol. The second kappa shape index (κ2) is 11.8. The van der Waals surface area contributed by atoms with Gasteiger partial charge in [-0.3, -0.25) is 0 Å². The molecule has 2 aromatic carbocycles. The Balaban J connectivity index is 0.959. The van der Waals surface area contributed by atoms with Crippen molar-refractivity contribution >= 4 is 0 Å². The number of hydrogen-bond donors (Lipinski definition) is 0. The van der Waals surface area contributed by atoms with E-state index in [2.05, 4.69) is 48.5 Å². The van der Waals surface area contributed by atoms with Gasteiger partial charge in [0, 0.05) is 0 Å². The highest BCUT2D eigenvalue weighted by Crippen LogP contribution is 2.35. The van der Waals surface area contributed by atoms with E-state index in [4.69, 9.17) is 18.9 Å². The van der Waals surface area contributed by atoms with Crippen LogP contribution in [0.5, 0.6) is 0 Å². The molecule has 4 nitrogen and oxygen atoms in total. The van der Waals surface area contributed by atoms with E-state index in [-0.39, 0.29) is 24.4 Å². The van der Waals surface area contributed by atoms with Crippen molar-refractivity contribution in [1.29, 1.82) is 0 Å². The van der Waals surface area contributed by atoms with Gasteiger partial charge in [-0.25, -0.2) is 0 Å². The second-order valence-electron chi connectivity index (χ2n) is 11.4. The Kier molecular flexibility index (Phi) is 8.05. The molecular weight excluding hydrogens is 448 g/mol. The third-order valence-corrected chi connectivity index (χ3v) is 9.00. The predicted molar refractivity (Wildman–Crippen MR) is 141 cm³/mol. The van der Waals surface area contributed by atoms with Crippen LogP contribution in [0, 0.1) is 0 Å². The van der Waals surface area contributed by atoms with Crippen LogP contribution in [-0.2, 0) is 32.2 Å². The van der Waals surface area contributed by atoms with Crippen molar-refractivity contribution in [3.63, 3.8) is 0 Å². The lowest BCUT2D eigenvalue weighted by Crippen LogP contribution is -2.34. The minimum atomic E-state index is -0.0369. The molecule has 2 saturated heterocycles. The van der Waals surface area contributed by atoms with E-state index in [1.807, 2.05) is 0 Å². The summed E-state index contributed by atoms with van der Waals surface area (Å²) in [7, 11) is 0. The van der Waals surface area contributed by atoms with Crippen LogP contribution < -0.4 is 0 Å². The van der Waals surface area contributed by atoms with Crippen molar-refractivity contribution in [3.8, 4) is 0 Å². The minimum Gasteiger partial charge on any atom is -0.370 e. The summed E-state index contributed by atoms with van der Waals surface area (Å²) in [5, 5.41) is 0.